The number of hydrogen-bond donors (Lipinski definition) is 1. The molecule has 0 spiro atoms. The van der Waals surface area contributed by atoms with Crippen LogP contribution in [-0.2, 0) is 14.8 Å². The van der Waals surface area contributed by atoms with E-state index in [1.807, 2.05) is 6.07 Å². The molecule has 1 aromatic rings. The highest BCUT2D eigenvalue weighted by molar-refractivity contribution is 7.99. The molecular weight excluding hydrogens is 351 g/mol. The lowest BCUT2D eigenvalue weighted by molar-refractivity contribution is -0.122. The number of thioether (sulfide) groups is 1. The molecule has 8 heteroatoms. The number of nitrogens with one attached hydrogen (secondary N) is 1. The van der Waals surface area contributed by atoms with Gasteiger partial charge >= 0.3 is 0 Å². The molecule has 1 saturated carbocycles. The first-order valence-electron chi connectivity index (χ1n) is 8.06. The van der Waals surface area contributed by atoms with Gasteiger partial charge in [-0.05, 0) is 30.0 Å². The SMILES string of the molecule is O=C(NCCS(=O)(=O)N1CCSCC1)C1CC1c1cccc(F)c1. The van der Waals surface area contributed by atoms with Crippen molar-refractivity contribution in [3.8, 4) is 0 Å². The van der Waals surface area contributed by atoms with E-state index in [4.69, 9.17) is 0 Å². The molecule has 3 rings (SSSR count). The van der Waals surface area contributed by atoms with Crippen molar-refractivity contribution in [2.45, 2.75) is 12.3 Å². The van der Waals surface area contributed by atoms with Gasteiger partial charge in [0.25, 0.3) is 0 Å². The lowest BCUT2D eigenvalue weighted by Gasteiger charge is -2.25. The molecule has 132 valence electrons. The van der Waals surface area contributed by atoms with Gasteiger partial charge in [-0.15, -0.1) is 0 Å². The standard InChI is InChI=1S/C16H21FN2O3S2/c17-13-3-1-2-12(10-13)14-11-15(14)16(20)18-4-9-24(21,22)19-5-7-23-8-6-19/h1-3,10,14-15H,4-9,11H2,(H,18,20). The van der Waals surface area contributed by atoms with Crippen molar-refractivity contribution in [2.24, 2.45) is 5.92 Å². The molecule has 5 nitrogen and oxygen atoms in total. The Kier molecular flexibility index (Phi) is 5.46. The number of sulfonamides is 1. The van der Waals surface area contributed by atoms with E-state index in [2.05, 4.69) is 5.32 Å². The first-order chi connectivity index (χ1) is 11.5. The van der Waals surface area contributed by atoms with Crippen LogP contribution in [0.3, 0.4) is 0 Å². The maximum atomic E-state index is 13.2. The van der Waals surface area contributed by atoms with Crippen molar-refractivity contribution in [1.82, 2.24) is 9.62 Å². The van der Waals surface area contributed by atoms with Gasteiger partial charge in [0, 0.05) is 37.1 Å². The zero-order valence-corrected chi connectivity index (χ0v) is 14.9. The molecule has 0 radical (unpaired) electrons. The maximum absolute atomic E-state index is 13.2. The smallest absolute Gasteiger partial charge is 0.223 e. The first-order valence-corrected chi connectivity index (χ1v) is 10.8. The molecule has 2 unspecified atom stereocenters. The third kappa shape index (κ3) is 4.29. The van der Waals surface area contributed by atoms with Crippen LogP contribution in [0.15, 0.2) is 24.3 Å². The third-order valence-corrected chi connectivity index (χ3v) is 7.24. The fraction of sp³-hybridized carbons (Fsp3) is 0.562. The van der Waals surface area contributed by atoms with E-state index >= 15 is 0 Å². The second-order valence-corrected chi connectivity index (χ2v) is 9.44. The van der Waals surface area contributed by atoms with Crippen molar-refractivity contribution >= 4 is 27.7 Å². The number of rotatable bonds is 6. The highest BCUT2D eigenvalue weighted by Crippen LogP contribution is 2.47. The third-order valence-electron chi connectivity index (χ3n) is 4.43. The van der Waals surface area contributed by atoms with Gasteiger partial charge in [-0.3, -0.25) is 4.79 Å². The van der Waals surface area contributed by atoms with E-state index in [9.17, 15) is 17.6 Å². The monoisotopic (exact) mass is 372 g/mol. The van der Waals surface area contributed by atoms with Crippen molar-refractivity contribution in [3.63, 3.8) is 0 Å². The van der Waals surface area contributed by atoms with E-state index in [-0.39, 0.29) is 35.9 Å². The Bertz CT molecular complexity index is 705. The minimum Gasteiger partial charge on any atom is -0.355 e. The molecule has 0 bridgehead atoms. The minimum absolute atomic E-state index is 0.0384. The lowest BCUT2D eigenvalue weighted by atomic mass is 10.1. The molecule has 2 aliphatic rings. The Hall–Kier alpha value is -1.12. The van der Waals surface area contributed by atoms with Crippen LogP contribution in [0.4, 0.5) is 4.39 Å². The molecule has 2 fully saturated rings. The molecule has 1 amide bonds. The summed E-state index contributed by atoms with van der Waals surface area (Å²) >= 11 is 1.75. The number of carbonyl (C=O) groups is 1. The second kappa shape index (κ2) is 7.41. The van der Waals surface area contributed by atoms with Crippen LogP contribution < -0.4 is 5.32 Å². The molecule has 1 N–H and O–H groups in total. The van der Waals surface area contributed by atoms with Crippen molar-refractivity contribution in [1.29, 1.82) is 0 Å². The summed E-state index contributed by atoms with van der Waals surface area (Å²) in [4.78, 5) is 12.1. The highest BCUT2D eigenvalue weighted by Gasteiger charge is 2.43. The zero-order valence-electron chi connectivity index (χ0n) is 13.3. The first kappa shape index (κ1) is 17.7. The van der Waals surface area contributed by atoms with Gasteiger partial charge < -0.3 is 5.32 Å². The predicted octanol–water partition coefficient (Wildman–Crippen LogP) is 1.42. The largest absolute Gasteiger partial charge is 0.355 e. The number of halogens is 1. The van der Waals surface area contributed by atoms with Crippen LogP contribution in [-0.4, -0.2) is 55.5 Å². The number of hydrogen-bond acceptors (Lipinski definition) is 4. The molecular formula is C16H21FN2O3S2. The van der Waals surface area contributed by atoms with Crippen LogP contribution in [0.25, 0.3) is 0 Å². The van der Waals surface area contributed by atoms with Crippen molar-refractivity contribution < 1.29 is 17.6 Å². The van der Waals surface area contributed by atoms with Gasteiger partial charge in [-0.1, -0.05) is 12.1 Å². The summed E-state index contributed by atoms with van der Waals surface area (Å²) < 4.78 is 39.1. The molecule has 1 aliphatic heterocycles. The van der Waals surface area contributed by atoms with E-state index in [0.29, 0.717) is 19.5 Å². The Morgan fingerprint density at radius 3 is 2.79 bits per heavy atom. The fourth-order valence-corrected chi connectivity index (χ4v) is 5.47. The summed E-state index contributed by atoms with van der Waals surface area (Å²) in [5.74, 6) is 0.988. The van der Waals surface area contributed by atoms with Crippen LogP contribution in [0.2, 0.25) is 0 Å². The predicted molar refractivity (Wildman–Crippen MR) is 92.9 cm³/mol. The number of nitrogens with zero attached hydrogens (tertiary/aromatic N) is 1. The van der Waals surface area contributed by atoms with Crippen molar-refractivity contribution in [3.05, 3.63) is 35.6 Å². The summed E-state index contributed by atoms with van der Waals surface area (Å²) in [7, 11) is -3.30. The molecule has 24 heavy (non-hydrogen) atoms. The van der Waals surface area contributed by atoms with Gasteiger partial charge in [-0.25, -0.2) is 17.1 Å². The lowest BCUT2D eigenvalue weighted by Crippen LogP contribution is -2.42. The summed E-state index contributed by atoms with van der Waals surface area (Å²) in [6, 6.07) is 6.29. The molecule has 1 heterocycles. The highest BCUT2D eigenvalue weighted by atomic mass is 32.2. The molecule has 1 saturated heterocycles. The zero-order chi connectivity index (χ0) is 17.2. The van der Waals surface area contributed by atoms with Gasteiger partial charge in [-0.2, -0.15) is 11.8 Å². The Morgan fingerprint density at radius 2 is 2.08 bits per heavy atom. The summed E-state index contributed by atoms with van der Waals surface area (Å²) in [6.45, 7) is 1.22. The Balaban J connectivity index is 1.45. The van der Waals surface area contributed by atoms with Crippen LogP contribution in [0.1, 0.15) is 17.9 Å². The van der Waals surface area contributed by atoms with Gasteiger partial charge in [0.2, 0.25) is 15.9 Å². The van der Waals surface area contributed by atoms with Crippen LogP contribution >= 0.6 is 11.8 Å². The second-order valence-electron chi connectivity index (χ2n) is 6.12. The number of benzene rings is 1. The van der Waals surface area contributed by atoms with Gasteiger partial charge in [0.15, 0.2) is 0 Å². The number of amides is 1. The fourth-order valence-electron chi connectivity index (χ4n) is 2.98. The minimum atomic E-state index is -3.30. The molecule has 1 aromatic carbocycles. The maximum Gasteiger partial charge on any atom is 0.223 e. The van der Waals surface area contributed by atoms with Gasteiger partial charge in [0.1, 0.15) is 5.82 Å². The molecule has 1 aliphatic carbocycles. The molecule has 0 aromatic heterocycles. The van der Waals surface area contributed by atoms with Crippen LogP contribution in [0.5, 0.6) is 0 Å². The summed E-state index contributed by atoms with van der Waals surface area (Å²) in [5, 5.41) is 2.71. The normalized spacial score (nSPS) is 24.5. The quantitative estimate of drug-likeness (QED) is 0.820. The van der Waals surface area contributed by atoms with E-state index in [1.54, 1.807) is 17.8 Å². The average molecular weight is 372 g/mol. The average Bonchev–Trinajstić information content (AvgIpc) is 3.36. The van der Waals surface area contributed by atoms with Gasteiger partial charge in [0.05, 0.1) is 5.75 Å². The number of carbonyl (C=O) groups excluding carboxylic acids is 1. The van der Waals surface area contributed by atoms with E-state index in [0.717, 1.165) is 17.1 Å². The Morgan fingerprint density at radius 1 is 1.33 bits per heavy atom. The van der Waals surface area contributed by atoms with Crippen LogP contribution in [0, 0.1) is 11.7 Å². The Labute approximate surface area is 146 Å². The van der Waals surface area contributed by atoms with Crippen molar-refractivity contribution in [2.75, 3.05) is 36.9 Å². The van der Waals surface area contributed by atoms with E-state index < -0.39 is 10.0 Å². The molecule has 2 atom stereocenters. The topological polar surface area (TPSA) is 66.5 Å². The summed E-state index contributed by atoms with van der Waals surface area (Å²) in [5.41, 5.74) is 0.827. The van der Waals surface area contributed by atoms with E-state index in [1.165, 1.54) is 16.4 Å². The summed E-state index contributed by atoms with van der Waals surface area (Å²) in [6.07, 6.45) is 0.686.